The number of sulfonamides is 1. The van der Waals surface area contributed by atoms with Crippen LogP contribution in [0.3, 0.4) is 0 Å². The first-order valence-electron chi connectivity index (χ1n) is 10.1. The zero-order valence-electron chi connectivity index (χ0n) is 17.9. The molecule has 3 rings (SSSR count). The molecule has 0 saturated carbocycles. The Morgan fingerprint density at radius 1 is 1.06 bits per heavy atom. The van der Waals surface area contributed by atoms with E-state index < -0.39 is 40.5 Å². The summed E-state index contributed by atoms with van der Waals surface area (Å²) in [5, 5.41) is 0.314. The van der Waals surface area contributed by atoms with Gasteiger partial charge >= 0.3 is 12.1 Å². The number of ether oxygens (including phenoxy) is 3. The molecular weight excluding hydrogens is 474 g/mol. The molecule has 0 saturated heterocycles. The maximum atomic E-state index is 13.1. The first-order valence-corrected chi connectivity index (χ1v) is 11.9. The summed E-state index contributed by atoms with van der Waals surface area (Å²) in [6.07, 6.45) is -1.78. The van der Waals surface area contributed by atoms with Crippen LogP contribution in [0.4, 0.5) is 4.79 Å². The summed E-state index contributed by atoms with van der Waals surface area (Å²) in [6.45, 7) is 2.57. The quantitative estimate of drug-likeness (QED) is 0.405. The molecule has 1 aliphatic rings. The summed E-state index contributed by atoms with van der Waals surface area (Å²) in [5.74, 6) is -0.715. The van der Waals surface area contributed by atoms with Gasteiger partial charge in [0.1, 0.15) is 12.3 Å². The highest BCUT2D eigenvalue weighted by atomic mass is 35.5. The first kappa shape index (κ1) is 24.5. The zero-order valence-corrected chi connectivity index (χ0v) is 19.5. The molecule has 0 spiro atoms. The van der Waals surface area contributed by atoms with Gasteiger partial charge in [0.05, 0.1) is 18.1 Å². The number of Topliss-reactive ketones (excluding diaryl/α,β-unsaturated/α-hetero) is 1. The van der Waals surface area contributed by atoms with Crippen molar-refractivity contribution in [3.05, 3.63) is 58.6 Å². The lowest BCUT2D eigenvalue weighted by Crippen LogP contribution is -2.41. The van der Waals surface area contributed by atoms with Gasteiger partial charge in [0.2, 0.25) is 0 Å². The van der Waals surface area contributed by atoms with Crippen molar-refractivity contribution < 1.29 is 37.0 Å². The van der Waals surface area contributed by atoms with Crippen molar-refractivity contribution in [2.24, 2.45) is 0 Å². The van der Waals surface area contributed by atoms with Crippen molar-refractivity contribution in [3.8, 4) is 5.75 Å². The molecule has 9 nitrogen and oxygen atoms in total. The Kier molecular flexibility index (Phi) is 7.60. The van der Waals surface area contributed by atoms with Gasteiger partial charge in [0, 0.05) is 17.0 Å². The standard InChI is InChI=1S/C22H22ClNO8S/c1-3-30-21(26)20-12-15-11-14(5-10-19(15)32-20)18(25)13-24(22(27)31-4-2)33(28,29)17-8-6-16(23)7-9-17/h5-11,20H,3-4,12-13H2,1-2H3. The van der Waals surface area contributed by atoms with Crippen molar-refractivity contribution in [2.45, 2.75) is 31.3 Å². The van der Waals surface area contributed by atoms with Gasteiger partial charge in [-0.1, -0.05) is 11.6 Å². The molecule has 0 radical (unpaired) electrons. The largest absolute Gasteiger partial charge is 0.478 e. The van der Waals surface area contributed by atoms with Crippen LogP contribution < -0.4 is 4.74 Å². The van der Waals surface area contributed by atoms with Gasteiger partial charge in [0.25, 0.3) is 10.0 Å². The Morgan fingerprint density at radius 2 is 1.73 bits per heavy atom. The van der Waals surface area contributed by atoms with Crippen LogP contribution in [0, 0.1) is 0 Å². The van der Waals surface area contributed by atoms with Crippen LogP contribution in [0.25, 0.3) is 0 Å². The smallest absolute Gasteiger partial charge is 0.424 e. The maximum absolute atomic E-state index is 13.1. The number of hydrogen-bond acceptors (Lipinski definition) is 8. The van der Waals surface area contributed by atoms with Gasteiger partial charge in [-0.2, -0.15) is 4.31 Å². The SMILES string of the molecule is CCOC(=O)C1Cc2cc(C(=O)CN(C(=O)OCC)S(=O)(=O)c3ccc(Cl)cc3)ccc2O1. The number of nitrogens with zero attached hydrogens (tertiary/aromatic N) is 1. The van der Waals surface area contributed by atoms with E-state index in [2.05, 4.69) is 0 Å². The average molecular weight is 496 g/mol. The third-order valence-electron chi connectivity index (χ3n) is 4.77. The lowest BCUT2D eigenvalue weighted by Gasteiger charge is -2.21. The summed E-state index contributed by atoms with van der Waals surface area (Å²) in [4.78, 5) is 37.1. The van der Waals surface area contributed by atoms with Crippen LogP contribution in [0.15, 0.2) is 47.4 Å². The maximum Gasteiger partial charge on any atom is 0.424 e. The fourth-order valence-corrected chi connectivity index (χ4v) is 4.58. The van der Waals surface area contributed by atoms with E-state index in [1.165, 1.54) is 49.4 Å². The van der Waals surface area contributed by atoms with E-state index in [1.807, 2.05) is 0 Å². The molecule has 0 fully saturated rings. The van der Waals surface area contributed by atoms with Crippen LogP contribution in [-0.4, -0.2) is 56.4 Å². The third-order valence-corrected chi connectivity index (χ3v) is 6.75. The minimum absolute atomic E-state index is 0.0783. The number of amides is 1. The number of halogens is 1. The van der Waals surface area contributed by atoms with E-state index in [0.29, 0.717) is 20.6 Å². The van der Waals surface area contributed by atoms with Crippen molar-refractivity contribution in [2.75, 3.05) is 19.8 Å². The molecule has 0 bridgehead atoms. The number of carbonyl (C=O) groups excluding carboxylic acids is 3. The molecule has 176 valence electrons. The number of benzene rings is 2. The van der Waals surface area contributed by atoms with Crippen molar-refractivity contribution in [3.63, 3.8) is 0 Å². The molecule has 1 aliphatic heterocycles. The molecule has 1 heterocycles. The second kappa shape index (κ2) is 10.2. The normalized spacial score (nSPS) is 14.7. The Hall–Kier alpha value is -3.11. The molecule has 0 aromatic heterocycles. The van der Waals surface area contributed by atoms with E-state index >= 15 is 0 Å². The van der Waals surface area contributed by atoms with Crippen LogP contribution in [0.1, 0.15) is 29.8 Å². The molecular formula is C22H22ClNO8S. The van der Waals surface area contributed by atoms with Crippen LogP contribution in [-0.2, 0) is 30.7 Å². The Bertz CT molecular complexity index is 1160. The van der Waals surface area contributed by atoms with Crippen molar-refractivity contribution in [1.82, 2.24) is 4.31 Å². The van der Waals surface area contributed by atoms with Crippen LogP contribution in [0.5, 0.6) is 5.75 Å². The van der Waals surface area contributed by atoms with E-state index in [1.54, 1.807) is 6.92 Å². The molecule has 1 amide bonds. The van der Waals surface area contributed by atoms with E-state index in [4.69, 9.17) is 25.8 Å². The summed E-state index contributed by atoms with van der Waals surface area (Å²) < 4.78 is 41.9. The number of rotatable bonds is 8. The number of ketones is 1. The fourth-order valence-electron chi connectivity index (χ4n) is 3.19. The molecule has 11 heteroatoms. The van der Waals surface area contributed by atoms with Crippen molar-refractivity contribution in [1.29, 1.82) is 0 Å². The molecule has 2 aromatic rings. The lowest BCUT2D eigenvalue weighted by atomic mass is 10.0. The minimum atomic E-state index is -4.39. The van der Waals surface area contributed by atoms with Gasteiger partial charge in [-0.3, -0.25) is 4.79 Å². The van der Waals surface area contributed by atoms with E-state index in [-0.39, 0.29) is 30.1 Å². The second-order valence-electron chi connectivity index (χ2n) is 6.97. The minimum Gasteiger partial charge on any atom is -0.478 e. The summed E-state index contributed by atoms with van der Waals surface area (Å²) in [5.41, 5.74) is 0.754. The van der Waals surface area contributed by atoms with Gasteiger partial charge in [-0.25, -0.2) is 18.0 Å². The topological polar surface area (TPSA) is 116 Å². The molecule has 0 N–H and O–H groups in total. The van der Waals surface area contributed by atoms with Gasteiger partial charge in [-0.05, 0) is 61.9 Å². The highest BCUT2D eigenvalue weighted by Gasteiger charge is 2.34. The number of hydrogen-bond donors (Lipinski definition) is 0. The van der Waals surface area contributed by atoms with E-state index in [0.717, 1.165) is 0 Å². The monoisotopic (exact) mass is 495 g/mol. The molecule has 1 unspecified atom stereocenters. The average Bonchev–Trinajstić information content (AvgIpc) is 3.21. The highest BCUT2D eigenvalue weighted by molar-refractivity contribution is 7.89. The highest BCUT2D eigenvalue weighted by Crippen LogP contribution is 2.30. The van der Waals surface area contributed by atoms with Crippen LogP contribution >= 0.6 is 11.6 Å². The predicted octanol–water partition coefficient (Wildman–Crippen LogP) is 3.24. The lowest BCUT2D eigenvalue weighted by molar-refractivity contribution is -0.150. The number of carbonyl (C=O) groups is 3. The third kappa shape index (κ3) is 5.45. The Morgan fingerprint density at radius 3 is 2.36 bits per heavy atom. The summed E-state index contributed by atoms with van der Waals surface area (Å²) in [7, 11) is -4.39. The van der Waals surface area contributed by atoms with Crippen LogP contribution in [0.2, 0.25) is 5.02 Å². The Balaban J connectivity index is 1.84. The first-order chi connectivity index (χ1) is 15.7. The van der Waals surface area contributed by atoms with Crippen molar-refractivity contribution >= 4 is 39.5 Å². The Labute approximate surface area is 196 Å². The second-order valence-corrected chi connectivity index (χ2v) is 9.27. The summed E-state index contributed by atoms with van der Waals surface area (Å²) in [6, 6.07) is 9.65. The number of esters is 1. The van der Waals surface area contributed by atoms with E-state index in [9.17, 15) is 22.8 Å². The predicted molar refractivity (Wildman–Crippen MR) is 118 cm³/mol. The zero-order chi connectivity index (χ0) is 24.2. The summed E-state index contributed by atoms with van der Waals surface area (Å²) >= 11 is 5.82. The van der Waals surface area contributed by atoms with Gasteiger partial charge in [0.15, 0.2) is 11.9 Å². The molecule has 1 atom stereocenters. The number of fused-ring (bicyclic) bond motifs is 1. The molecule has 0 aliphatic carbocycles. The fraction of sp³-hybridized carbons (Fsp3) is 0.318. The molecule has 33 heavy (non-hydrogen) atoms. The van der Waals surface area contributed by atoms with Gasteiger partial charge in [-0.15, -0.1) is 0 Å². The van der Waals surface area contributed by atoms with Gasteiger partial charge < -0.3 is 14.2 Å². The molecule has 2 aromatic carbocycles.